The Hall–Kier alpha value is -1.15. The van der Waals surface area contributed by atoms with Gasteiger partial charge in [0, 0.05) is 5.56 Å². The third-order valence-electron chi connectivity index (χ3n) is 3.66. The van der Waals surface area contributed by atoms with Crippen molar-refractivity contribution in [2.45, 2.75) is 25.7 Å². The topological polar surface area (TPSA) is 29.1 Å². The Morgan fingerprint density at radius 1 is 1.38 bits per heavy atom. The van der Waals surface area contributed by atoms with Crippen LogP contribution in [0.4, 0.5) is 0 Å². The fraction of sp³-hybridized carbons (Fsp3) is 0.500. The molecule has 1 fully saturated rings. The highest BCUT2D eigenvalue weighted by molar-refractivity contribution is 5.75. The molecule has 2 nitrogen and oxygen atoms in total. The third kappa shape index (κ3) is 2.50. The van der Waals surface area contributed by atoms with E-state index in [-0.39, 0.29) is 0 Å². The van der Waals surface area contributed by atoms with E-state index in [2.05, 4.69) is 18.3 Å². The molecule has 1 aliphatic heterocycles. The van der Waals surface area contributed by atoms with Gasteiger partial charge in [-0.25, -0.2) is 0 Å². The number of nitrogens with one attached hydrogen (secondary N) is 1. The Bertz CT molecular complexity index is 356. The van der Waals surface area contributed by atoms with Gasteiger partial charge in [0.2, 0.25) is 0 Å². The van der Waals surface area contributed by atoms with Gasteiger partial charge in [-0.15, -0.1) is 0 Å². The predicted molar refractivity (Wildman–Crippen MR) is 65.8 cm³/mol. The highest BCUT2D eigenvalue weighted by Gasteiger charge is 2.21. The van der Waals surface area contributed by atoms with E-state index in [1.165, 1.54) is 18.4 Å². The normalized spacial score (nSPS) is 19.3. The van der Waals surface area contributed by atoms with E-state index in [4.69, 9.17) is 0 Å². The summed E-state index contributed by atoms with van der Waals surface area (Å²) >= 11 is 0. The first kappa shape index (κ1) is 11.3. The van der Waals surface area contributed by atoms with Crippen LogP contribution in [0.3, 0.4) is 0 Å². The molecular weight excluding hydrogens is 198 g/mol. The molecule has 0 aliphatic carbocycles. The maximum atomic E-state index is 10.7. The van der Waals surface area contributed by atoms with E-state index in [1.807, 2.05) is 18.2 Å². The minimum Gasteiger partial charge on any atom is -0.317 e. The second-order valence-electron chi connectivity index (χ2n) is 4.66. The summed E-state index contributed by atoms with van der Waals surface area (Å²) < 4.78 is 0. The zero-order valence-corrected chi connectivity index (χ0v) is 9.78. The quantitative estimate of drug-likeness (QED) is 0.788. The third-order valence-corrected chi connectivity index (χ3v) is 3.66. The van der Waals surface area contributed by atoms with Crippen molar-refractivity contribution in [1.29, 1.82) is 0 Å². The maximum absolute atomic E-state index is 10.7. The zero-order chi connectivity index (χ0) is 11.4. The van der Waals surface area contributed by atoms with Crippen molar-refractivity contribution < 1.29 is 4.79 Å². The van der Waals surface area contributed by atoms with Crippen molar-refractivity contribution >= 4 is 6.29 Å². The summed E-state index contributed by atoms with van der Waals surface area (Å²) in [5.74, 6) is 1.31. The summed E-state index contributed by atoms with van der Waals surface area (Å²) in [6.45, 7) is 4.53. The molecule has 0 amide bonds. The largest absolute Gasteiger partial charge is 0.317 e. The molecular formula is C14H19NO. The van der Waals surface area contributed by atoms with Gasteiger partial charge in [0.25, 0.3) is 0 Å². The molecule has 16 heavy (non-hydrogen) atoms. The van der Waals surface area contributed by atoms with Crippen molar-refractivity contribution in [2.75, 3.05) is 13.1 Å². The van der Waals surface area contributed by atoms with Gasteiger partial charge in [-0.05, 0) is 49.4 Å². The lowest BCUT2D eigenvalue weighted by molar-refractivity contribution is 0.112. The Morgan fingerprint density at radius 2 is 2.12 bits per heavy atom. The van der Waals surface area contributed by atoms with Gasteiger partial charge in [0.05, 0.1) is 0 Å². The van der Waals surface area contributed by atoms with Crippen molar-refractivity contribution in [3.8, 4) is 0 Å². The SMILES string of the molecule is CC(c1cccc(C=O)c1)C1CCNCC1. The fourth-order valence-corrected chi connectivity index (χ4v) is 2.53. The van der Waals surface area contributed by atoms with Gasteiger partial charge in [0.1, 0.15) is 6.29 Å². The van der Waals surface area contributed by atoms with E-state index >= 15 is 0 Å². The first-order valence-electron chi connectivity index (χ1n) is 6.07. The van der Waals surface area contributed by atoms with E-state index < -0.39 is 0 Å². The Kier molecular flexibility index (Phi) is 3.73. The second-order valence-corrected chi connectivity index (χ2v) is 4.66. The van der Waals surface area contributed by atoms with Crippen LogP contribution < -0.4 is 5.32 Å². The zero-order valence-electron chi connectivity index (χ0n) is 9.78. The van der Waals surface area contributed by atoms with Crippen molar-refractivity contribution in [3.63, 3.8) is 0 Å². The van der Waals surface area contributed by atoms with E-state index in [0.29, 0.717) is 5.92 Å². The number of carbonyl (C=O) groups is 1. The number of piperidine rings is 1. The number of hydrogen-bond acceptors (Lipinski definition) is 2. The number of hydrogen-bond donors (Lipinski definition) is 1. The highest BCUT2D eigenvalue weighted by Crippen LogP contribution is 2.30. The molecule has 1 heterocycles. The highest BCUT2D eigenvalue weighted by atomic mass is 16.1. The van der Waals surface area contributed by atoms with Gasteiger partial charge >= 0.3 is 0 Å². The molecule has 0 bridgehead atoms. The average Bonchev–Trinajstić information content (AvgIpc) is 2.39. The summed E-state index contributed by atoms with van der Waals surface area (Å²) in [6, 6.07) is 8.02. The van der Waals surface area contributed by atoms with E-state index in [0.717, 1.165) is 30.9 Å². The van der Waals surface area contributed by atoms with Crippen LogP contribution in [0.1, 0.15) is 41.6 Å². The minimum absolute atomic E-state index is 0.557. The number of carbonyl (C=O) groups excluding carboxylic acids is 1. The Morgan fingerprint density at radius 3 is 2.81 bits per heavy atom. The van der Waals surface area contributed by atoms with Crippen molar-refractivity contribution in [1.82, 2.24) is 5.32 Å². The van der Waals surface area contributed by atoms with Gasteiger partial charge in [-0.1, -0.05) is 25.1 Å². The van der Waals surface area contributed by atoms with Crippen LogP contribution in [-0.4, -0.2) is 19.4 Å². The summed E-state index contributed by atoms with van der Waals surface area (Å²) in [6.07, 6.45) is 3.41. The first-order valence-corrected chi connectivity index (χ1v) is 6.07. The molecule has 1 N–H and O–H groups in total. The van der Waals surface area contributed by atoms with Gasteiger partial charge < -0.3 is 5.32 Å². The first-order chi connectivity index (χ1) is 7.81. The number of aldehydes is 1. The molecule has 2 heteroatoms. The molecule has 2 rings (SSSR count). The molecule has 86 valence electrons. The summed E-state index contributed by atoms with van der Waals surface area (Å²) in [4.78, 5) is 10.7. The molecule has 0 spiro atoms. The van der Waals surface area contributed by atoms with Gasteiger partial charge in [-0.2, -0.15) is 0 Å². The molecule has 1 aliphatic rings. The fourth-order valence-electron chi connectivity index (χ4n) is 2.53. The van der Waals surface area contributed by atoms with Gasteiger partial charge in [-0.3, -0.25) is 4.79 Å². The van der Waals surface area contributed by atoms with Crippen molar-refractivity contribution in [3.05, 3.63) is 35.4 Å². The van der Waals surface area contributed by atoms with Crippen LogP contribution in [0.25, 0.3) is 0 Å². The standard InChI is InChI=1S/C14H19NO/c1-11(13-5-7-15-8-6-13)14-4-2-3-12(9-14)10-16/h2-4,9-11,13,15H,5-8H2,1H3. The molecule has 1 atom stereocenters. The predicted octanol–water partition coefficient (Wildman–Crippen LogP) is 2.60. The average molecular weight is 217 g/mol. The molecule has 1 unspecified atom stereocenters. The van der Waals surface area contributed by atoms with Crippen LogP contribution in [0.5, 0.6) is 0 Å². The molecule has 1 aromatic rings. The monoisotopic (exact) mass is 217 g/mol. The van der Waals surface area contributed by atoms with E-state index in [9.17, 15) is 4.79 Å². The summed E-state index contributed by atoms with van der Waals surface area (Å²) in [7, 11) is 0. The number of benzene rings is 1. The number of rotatable bonds is 3. The lowest BCUT2D eigenvalue weighted by Gasteiger charge is -2.28. The molecule has 0 radical (unpaired) electrons. The Labute approximate surface area is 97.1 Å². The Balaban J connectivity index is 2.12. The van der Waals surface area contributed by atoms with Gasteiger partial charge in [0.15, 0.2) is 0 Å². The lowest BCUT2D eigenvalue weighted by atomic mass is 9.81. The van der Waals surface area contributed by atoms with Crippen LogP contribution in [0, 0.1) is 5.92 Å². The molecule has 1 saturated heterocycles. The summed E-state index contributed by atoms with van der Waals surface area (Å²) in [5.41, 5.74) is 2.09. The molecule has 1 aromatic carbocycles. The summed E-state index contributed by atoms with van der Waals surface area (Å²) in [5, 5.41) is 3.39. The molecule has 0 aromatic heterocycles. The van der Waals surface area contributed by atoms with Crippen LogP contribution in [0.2, 0.25) is 0 Å². The maximum Gasteiger partial charge on any atom is 0.150 e. The lowest BCUT2D eigenvalue weighted by Crippen LogP contribution is -2.30. The van der Waals surface area contributed by atoms with Crippen LogP contribution in [-0.2, 0) is 0 Å². The second kappa shape index (κ2) is 5.26. The smallest absolute Gasteiger partial charge is 0.150 e. The van der Waals surface area contributed by atoms with Crippen LogP contribution >= 0.6 is 0 Å². The van der Waals surface area contributed by atoms with E-state index in [1.54, 1.807) is 0 Å². The minimum atomic E-state index is 0.557. The molecule has 0 saturated carbocycles. The van der Waals surface area contributed by atoms with Crippen molar-refractivity contribution in [2.24, 2.45) is 5.92 Å². The van der Waals surface area contributed by atoms with Crippen LogP contribution in [0.15, 0.2) is 24.3 Å².